The zero-order valence-electron chi connectivity index (χ0n) is 19.8. The zero-order chi connectivity index (χ0) is 28.4. The van der Waals surface area contributed by atoms with E-state index in [1.165, 1.54) is 31.2 Å². The smallest absolute Gasteiger partial charge is 0.301 e. The number of nitrogens with zero attached hydrogens (tertiary/aromatic N) is 5. The number of hydrazone groups is 1. The molecule has 1 N–H and O–H groups in total. The van der Waals surface area contributed by atoms with Crippen molar-refractivity contribution in [1.29, 1.82) is 0 Å². The summed E-state index contributed by atoms with van der Waals surface area (Å²) in [6.07, 6.45) is 0. The van der Waals surface area contributed by atoms with Crippen LogP contribution in [-0.2, 0) is 14.4 Å². The molecule has 0 bridgehead atoms. The van der Waals surface area contributed by atoms with Crippen LogP contribution in [0.1, 0.15) is 11.1 Å². The van der Waals surface area contributed by atoms with E-state index in [1.807, 2.05) is 0 Å². The normalized spacial score (nSPS) is 14.5. The lowest BCUT2D eigenvalue weighted by atomic mass is 9.92. The molecule has 0 unspecified atom stereocenters. The fourth-order valence-electron chi connectivity index (χ4n) is 3.82. The molecular weight excluding hydrogens is 516 g/mol. The zero-order valence-corrected chi connectivity index (χ0v) is 19.8. The van der Waals surface area contributed by atoms with Crippen molar-refractivity contribution in [3.63, 3.8) is 0 Å². The molecule has 1 atom stereocenters. The van der Waals surface area contributed by atoms with Gasteiger partial charge >= 0.3 is 5.69 Å². The summed E-state index contributed by atoms with van der Waals surface area (Å²) < 4.78 is 0. The third-order valence-electron chi connectivity index (χ3n) is 5.77. The van der Waals surface area contributed by atoms with Crippen molar-refractivity contribution in [3.8, 4) is 0 Å². The van der Waals surface area contributed by atoms with Crippen molar-refractivity contribution < 1.29 is 29.2 Å². The van der Waals surface area contributed by atoms with Crippen LogP contribution in [-0.4, -0.2) is 38.1 Å². The van der Waals surface area contributed by atoms with Gasteiger partial charge in [0.15, 0.2) is 5.92 Å². The Bertz CT molecular complexity index is 1600. The van der Waals surface area contributed by atoms with Crippen molar-refractivity contribution in [3.05, 3.63) is 108 Å². The highest BCUT2D eigenvalue weighted by Crippen LogP contribution is 2.36. The van der Waals surface area contributed by atoms with E-state index < -0.39 is 55.3 Å². The van der Waals surface area contributed by atoms with Crippen molar-refractivity contribution >= 4 is 51.7 Å². The van der Waals surface area contributed by atoms with Crippen molar-refractivity contribution in [1.82, 2.24) is 0 Å². The number of nitrogens with one attached hydrogen (secondary N) is 1. The van der Waals surface area contributed by atoms with Gasteiger partial charge < -0.3 is 5.32 Å². The van der Waals surface area contributed by atoms with E-state index in [2.05, 4.69) is 10.4 Å². The monoisotopic (exact) mass is 532 g/mol. The number of benzene rings is 3. The lowest BCUT2D eigenvalue weighted by molar-refractivity contribution is -0.393. The maximum absolute atomic E-state index is 13.5. The van der Waals surface area contributed by atoms with Gasteiger partial charge in [0.2, 0.25) is 5.78 Å². The predicted molar refractivity (Wildman–Crippen MR) is 135 cm³/mol. The van der Waals surface area contributed by atoms with E-state index in [0.29, 0.717) is 16.6 Å². The number of Topliss-reactive ketones (excluding diaryl/α,β-unsaturated/α-hetero) is 1. The number of amides is 2. The van der Waals surface area contributed by atoms with Gasteiger partial charge in [0, 0.05) is 18.2 Å². The van der Waals surface area contributed by atoms with Gasteiger partial charge in [-0.05, 0) is 24.1 Å². The summed E-state index contributed by atoms with van der Waals surface area (Å²) in [6, 6.07) is 14.0. The Kier molecular flexibility index (Phi) is 6.89. The minimum atomic E-state index is -1.83. The van der Waals surface area contributed by atoms with Crippen LogP contribution in [0, 0.1) is 43.2 Å². The van der Waals surface area contributed by atoms with Crippen LogP contribution in [0.3, 0.4) is 0 Å². The summed E-state index contributed by atoms with van der Waals surface area (Å²) >= 11 is 0. The number of hydrogen-bond donors (Lipinski definition) is 1. The van der Waals surface area contributed by atoms with Crippen molar-refractivity contribution in [2.45, 2.75) is 6.92 Å². The van der Waals surface area contributed by atoms with Gasteiger partial charge in [-0.2, -0.15) is 10.1 Å². The Labute approximate surface area is 217 Å². The predicted octanol–water partition coefficient (Wildman–Crippen LogP) is 3.29. The molecule has 15 nitrogen and oxygen atoms in total. The molecule has 0 radical (unpaired) electrons. The highest BCUT2D eigenvalue weighted by Gasteiger charge is 2.46. The van der Waals surface area contributed by atoms with Gasteiger partial charge in [-0.15, -0.1) is 0 Å². The Morgan fingerprint density at radius 1 is 0.872 bits per heavy atom. The molecule has 39 heavy (non-hydrogen) atoms. The summed E-state index contributed by atoms with van der Waals surface area (Å²) in [5.41, 5.74) is -1.78. The molecule has 0 saturated carbocycles. The van der Waals surface area contributed by atoms with Gasteiger partial charge in [0.25, 0.3) is 23.2 Å². The van der Waals surface area contributed by atoms with Gasteiger partial charge in [-0.3, -0.25) is 44.7 Å². The van der Waals surface area contributed by atoms with E-state index in [9.17, 15) is 44.7 Å². The molecule has 2 amide bonds. The van der Waals surface area contributed by atoms with Crippen LogP contribution in [0.15, 0.2) is 71.8 Å². The molecule has 196 valence electrons. The highest BCUT2D eigenvalue weighted by atomic mass is 16.6. The molecular formula is C24H16N6O9. The second-order valence-electron chi connectivity index (χ2n) is 8.20. The number of nitro groups is 3. The number of ketones is 1. The summed E-state index contributed by atoms with van der Waals surface area (Å²) in [5, 5.41) is 40.8. The first-order valence-electron chi connectivity index (χ1n) is 11.0. The molecule has 4 rings (SSSR count). The van der Waals surface area contributed by atoms with Crippen LogP contribution < -0.4 is 10.3 Å². The van der Waals surface area contributed by atoms with E-state index in [-0.39, 0.29) is 22.6 Å². The van der Waals surface area contributed by atoms with Gasteiger partial charge in [-0.25, -0.2) is 0 Å². The first kappa shape index (κ1) is 26.2. The average molecular weight is 532 g/mol. The average Bonchev–Trinajstić information content (AvgIpc) is 3.25. The SMILES string of the molecule is Cc1ccc([N+](=O)[O-])cc1NC(=O)C(=O)[C@@H]1C(=O)N(c2ccc([N+](=O)[O-])cc2[N+](=O)[O-])N=C1c1ccccc1. The maximum atomic E-state index is 13.5. The maximum Gasteiger partial charge on any atom is 0.301 e. The van der Waals surface area contributed by atoms with Gasteiger partial charge in [-0.1, -0.05) is 36.4 Å². The number of rotatable bonds is 8. The molecule has 0 fully saturated rings. The number of carbonyl (C=O) groups excluding carboxylic acids is 3. The molecule has 3 aromatic rings. The largest absolute Gasteiger partial charge is 0.319 e. The van der Waals surface area contributed by atoms with Gasteiger partial charge in [0.05, 0.1) is 32.2 Å². The summed E-state index contributed by atoms with van der Waals surface area (Å²) in [6.45, 7) is 1.54. The fraction of sp³-hybridized carbons (Fsp3) is 0.0833. The minimum absolute atomic E-state index is 0.0333. The lowest BCUT2D eigenvalue weighted by Crippen LogP contribution is -2.40. The van der Waals surface area contributed by atoms with Crippen molar-refractivity contribution in [2.24, 2.45) is 11.0 Å². The number of aryl methyl sites for hydroxylation is 1. The quantitative estimate of drug-likeness (QED) is 0.195. The molecule has 0 spiro atoms. The highest BCUT2D eigenvalue weighted by molar-refractivity contribution is 6.51. The van der Waals surface area contributed by atoms with E-state index in [1.54, 1.807) is 18.2 Å². The van der Waals surface area contributed by atoms with Crippen LogP contribution in [0.25, 0.3) is 0 Å². The Balaban J connectivity index is 1.75. The summed E-state index contributed by atoms with van der Waals surface area (Å²) in [7, 11) is 0. The third kappa shape index (κ3) is 5.04. The molecule has 0 aromatic heterocycles. The lowest BCUT2D eigenvalue weighted by Gasteiger charge is -2.14. The fourth-order valence-corrected chi connectivity index (χ4v) is 3.82. The summed E-state index contributed by atoms with van der Waals surface area (Å²) in [5.74, 6) is -5.50. The second kappa shape index (κ2) is 10.3. The Hall–Kier alpha value is -5.86. The second-order valence-corrected chi connectivity index (χ2v) is 8.20. The van der Waals surface area contributed by atoms with Crippen molar-refractivity contribution in [2.75, 3.05) is 10.3 Å². The minimum Gasteiger partial charge on any atom is -0.319 e. The van der Waals surface area contributed by atoms with E-state index in [4.69, 9.17) is 0 Å². The number of hydrogen-bond acceptors (Lipinski definition) is 10. The topological polar surface area (TPSA) is 208 Å². The first-order valence-corrected chi connectivity index (χ1v) is 11.0. The number of carbonyl (C=O) groups is 3. The number of non-ortho nitro benzene ring substituents is 2. The number of anilines is 2. The molecule has 3 aromatic carbocycles. The molecule has 0 aliphatic carbocycles. The molecule has 1 aliphatic heterocycles. The third-order valence-corrected chi connectivity index (χ3v) is 5.77. The molecule has 0 saturated heterocycles. The molecule has 15 heteroatoms. The van der Waals surface area contributed by atoms with Gasteiger partial charge in [0.1, 0.15) is 5.69 Å². The first-order chi connectivity index (χ1) is 18.5. The molecule has 1 aliphatic rings. The van der Waals surface area contributed by atoms with Crippen LogP contribution in [0.2, 0.25) is 0 Å². The van der Waals surface area contributed by atoms with E-state index in [0.717, 1.165) is 18.2 Å². The van der Waals surface area contributed by atoms with Crippen LogP contribution in [0.5, 0.6) is 0 Å². The Morgan fingerprint density at radius 3 is 2.10 bits per heavy atom. The van der Waals surface area contributed by atoms with E-state index >= 15 is 0 Å². The van der Waals surface area contributed by atoms with Crippen LogP contribution in [0.4, 0.5) is 28.4 Å². The standard InChI is InChI=1S/C24H16N6O9/c1-13-7-8-15(28(34)35)11-17(13)25-23(32)22(31)20-21(14-5-3-2-4-6-14)26-27(24(20)33)18-10-9-16(29(36)37)12-19(18)30(38)39/h2-12,20H,1H3,(H,25,32)/t20-/m1/s1. The summed E-state index contributed by atoms with van der Waals surface area (Å²) in [4.78, 5) is 71.1. The molecule has 1 heterocycles. The Morgan fingerprint density at radius 2 is 1.49 bits per heavy atom. The number of nitro benzene ring substituents is 3. The van der Waals surface area contributed by atoms with Crippen LogP contribution >= 0.6 is 0 Å².